The lowest BCUT2D eigenvalue weighted by Crippen LogP contribution is -2.29. The molecule has 0 bridgehead atoms. The smallest absolute Gasteiger partial charge is 0.208 e. The van der Waals surface area contributed by atoms with Crippen molar-refractivity contribution in [3.05, 3.63) is 17.8 Å². The first kappa shape index (κ1) is 13.2. The maximum atomic E-state index is 5.44. The third kappa shape index (κ3) is 4.35. The zero-order valence-electron chi connectivity index (χ0n) is 10.9. The van der Waals surface area contributed by atoms with Crippen LogP contribution in [0.4, 0.5) is 0 Å². The third-order valence-electron chi connectivity index (χ3n) is 3.09. The van der Waals surface area contributed by atoms with Crippen LogP contribution in [0, 0.1) is 12.8 Å². The molecule has 2 atom stereocenters. The van der Waals surface area contributed by atoms with Gasteiger partial charge in [-0.1, -0.05) is 27.2 Å². The van der Waals surface area contributed by atoms with Crippen LogP contribution in [-0.2, 0) is 6.54 Å². The summed E-state index contributed by atoms with van der Waals surface area (Å²) in [6.07, 6.45) is 5.40. The van der Waals surface area contributed by atoms with Crippen LogP contribution >= 0.6 is 0 Å². The van der Waals surface area contributed by atoms with Crippen molar-refractivity contribution in [1.29, 1.82) is 0 Å². The van der Waals surface area contributed by atoms with E-state index in [9.17, 15) is 0 Å². The molecule has 2 unspecified atom stereocenters. The summed E-state index contributed by atoms with van der Waals surface area (Å²) in [6, 6.07) is 0.571. The van der Waals surface area contributed by atoms with Crippen LogP contribution in [0.3, 0.4) is 0 Å². The minimum atomic E-state index is 0.571. The van der Waals surface area contributed by atoms with Crippen molar-refractivity contribution in [2.45, 2.75) is 59.5 Å². The quantitative estimate of drug-likeness (QED) is 0.772. The molecule has 1 N–H and O–H groups in total. The van der Waals surface area contributed by atoms with Crippen molar-refractivity contribution >= 4 is 0 Å². The van der Waals surface area contributed by atoms with E-state index >= 15 is 0 Å². The predicted octanol–water partition coefficient (Wildman–Crippen LogP) is 3.29. The summed E-state index contributed by atoms with van der Waals surface area (Å²) in [5.74, 6) is 2.45. The fraction of sp³-hybridized carbons (Fsp3) is 0.769. The minimum absolute atomic E-state index is 0.571. The largest absolute Gasteiger partial charge is 0.445 e. The van der Waals surface area contributed by atoms with E-state index in [-0.39, 0.29) is 0 Å². The van der Waals surface area contributed by atoms with E-state index in [2.05, 4.69) is 31.1 Å². The summed E-state index contributed by atoms with van der Waals surface area (Å²) in [5.41, 5.74) is 0. The van der Waals surface area contributed by atoms with Gasteiger partial charge in [0.1, 0.15) is 5.76 Å². The van der Waals surface area contributed by atoms with E-state index in [1.54, 1.807) is 6.20 Å². The van der Waals surface area contributed by atoms with Crippen molar-refractivity contribution in [2.24, 2.45) is 5.92 Å². The lowest BCUT2D eigenvalue weighted by Gasteiger charge is -2.19. The second-order valence-corrected chi connectivity index (χ2v) is 4.60. The highest BCUT2D eigenvalue weighted by Crippen LogP contribution is 2.12. The molecular formula is C13H24N2O. The Morgan fingerprint density at radius 3 is 2.62 bits per heavy atom. The molecule has 0 aromatic carbocycles. The van der Waals surface area contributed by atoms with Gasteiger partial charge >= 0.3 is 0 Å². The van der Waals surface area contributed by atoms with Gasteiger partial charge in [0.05, 0.1) is 12.7 Å². The summed E-state index contributed by atoms with van der Waals surface area (Å²) in [6.45, 7) is 9.44. The number of hydrogen-bond acceptors (Lipinski definition) is 3. The van der Waals surface area contributed by atoms with Crippen LogP contribution in [0.25, 0.3) is 0 Å². The monoisotopic (exact) mass is 224 g/mol. The maximum Gasteiger partial charge on any atom is 0.208 e. The van der Waals surface area contributed by atoms with Gasteiger partial charge in [-0.05, 0) is 25.7 Å². The van der Waals surface area contributed by atoms with Gasteiger partial charge in [-0.25, -0.2) is 4.98 Å². The van der Waals surface area contributed by atoms with E-state index in [0.717, 1.165) is 30.5 Å². The first-order chi connectivity index (χ1) is 7.65. The Labute approximate surface area is 98.6 Å². The first-order valence-corrected chi connectivity index (χ1v) is 6.30. The molecule has 92 valence electrons. The van der Waals surface area contributed by atoms with Gasteiger partial charge in [-0.2, -0.15) is 0 Å². The number of rotatable bonds is 7. The Balaban J connectivity index is 2.33. The van der Waals surface area contributed by atoms with E-state index in [0.29, 0.717) is 6.04 Å². The summed E-state index contributed by atoms with van der Waals surface area (Å²) in [7, 11) is 0. The maximum absolute atomic E-state index is 5.44. The minimum Gasteiger partial charge on any atom is -0.445 e. The molecule has 3 heteroatoms. The number of oxazole rings is 1. The Morgan fingerprint density at radius 2 is 2.12 bits per heavy atom. The van der Waals surface area contributed by atoms with Crippen molar-refractivity contribution < 1.29 is 4.42 Å². The first-order valence-electron chi connectivity index (χ1n) is 6.30. The van der Waals surface area contributed by atoms with Gasteiger partial charge in [-0.3, -0.25) is 0 Å². The molecule has 0 aliphatic rings. The van der Waals surface area contributed by atoms with Crippen LogP contribution < -0.4 is 5.32 Å². The molecular weight excluding hydrogens is 200 g/mol. The number of nitrogens with one attached hydrogen (secondary N) is 1. The normalized spacial score (nSPS) is 15.0. The van der Waals surface area contributed by atoms with Crippen molar-refractivity contribution in [2.75, 3.05) is 0 Å². The molecule has 0 aliphatic heterocycles. The summed E-state index contributed by atoms with van der Waals surface area (Å²) in [5, 5.41) is 3.51. The average Bonchev–Trinajstić information content (AvgIpc) is 2.69. The Hall–Kier alpha value is -0.830. The summed E-state index contributed by atoms with van der Waals surface area (Å²) >= 11 is 0. The van der Waals surface area contributed by atoms with Crippen LogP contribution in [-0.4, -0.2) is 11.0 Å². The van der Waals surface area contributed by atoms with Crippen molar-refractivity contribution in [3.63, 3.8) is 0 Å². The highest BCUT2D eigenvalue weighted by molar-refractivity contribution is 4.90. The zero-order valence-corrected chi connectivity index (χ0v) is 10.9. The molecule has 0 saturated heterocycles. The number of aryl methyl sites for hydroxylation is 1. The van der Waals surface area contributed by atoms with Crippen LogP contribution in [0.1, 0.15) is 51.7 Å². The van der Waals surface area contributed by atoms with Gasteiger partial charge in [0.2, 0.25) is 5.89 Å². The number of hydrogen-bond donors (Lipinski definition) is 1. The van der Waals surface area contributed by atoms with Gasteiger partial charge in [0.15, 0.2) is 0 Å². The van der Waals surface area contributed by atoms with Crippen LogP contribution in [0.5, 0.6) is 0 Å². The third-order valence-corrected chi connectivity index (χ3v) is 3.09. The molecule has 0 radical (unpaired) electrons. The molecule has 1 rings (SSSR count). The Morgan fingerprint density at radius 1 is 1.38 bits per heavy atom. The predicted molar refractivity (Wildman–Crippen MR) is 66.2 cm³/mol. The highest BCUT2D eigenvalue weighted by Gasteiger charge is 2.11. The Kier molecular flexibility index (Phi) is 5.53. The molecule has 0 spiro atoms. The molecule has 0 amide bonds. The molecule has 0 saturated carbocycles. The summed E-state index contributed by atoms with van der Waals surface area (Å²) in [4.78, 5) is 4.19. The molecule has 0 aliphatic carbocycles. The number of aromatic nitrogens is 1. The van der Waals surface area contributed by atoms with E-state index in [4.69, 9.17) is 4.42 Å². The lowest BCUT2D eigenvalue weighted by atomic mass is 9.98. The van der Waals surface area contributed by atoms with Crippen LogP contribution in [0.15, 0.2) is 10.6 Å². The molecule has 1 aromatic rings. The zero-order chi connectivity index (χ0) is 12.0. The highest BCUT2D eigenvalue weighted by atomic mass is 16.4. The number of nitrogens with zero attached hydrogens (tertiary/aromatic N) is 1. The van der Waals surface area contributed by atoms with Gasteiger partial charge in [-0.15, -0.1) is 0 Å². The molecule has 1 heterocycles. The lowest BCUT2D eigenvalue weighted by molar-refractivity contribution is 0.360. The van der Waals surface area contributed by atoms with E-state index in [1.807, 2.05) is 6.92 Å². The fourth-order valence-electron chi connectivity index (χ4n) is 1.76. The molecule has 3 nitrogen and oxygen atoms in total. The van der Waals surface area contributed by atoms with E-state index in [1.165, 1.54) is 12.8 Å². The standard InChI is InChI=1S/C13H24N2O/c1-5-10(3)7-12(6-2)14-9-13-15-8-11(4)16-13/h8,10,12,14H,5-7,9H2,1-4H3. The average molecular weight is 224 g/mol. The SMILES string of the molecule is CCC(C)CC(CC)NCc1ncc(C)o1. The van der Waals surface area contributed by atoms with E-state index < -0.39 is 0 Å². The molecule has 16 heavy (non-hydrogen) atoms. The topological polar surface area (TPSA) is 38.1 Å². The second-order valence-electron chi connectivity index (χ2n) is 4.60. The molecule has 0 fully saturated rings. The van der Waals surface area contributed by atoms with Gasteiger partial charge < -0.3 is 9.73 Å². The molecule has 1 aromatic heterocycles. The van der Waals surface area contributed by atoms with Crippen molar-refractivity contribution in [1.82, 2.24) is 10.3 Å². The summed E-state index contributed by atoms with van der Waals surface area (Å²) < 4.78 is 5.44. The van der Waals surface area contributed by atoms with Crippen molar-refractivity contribution in [3.8, 4) is 0 Å². The second kappa shape index (κ2) is 6.69. The van der Waals surface area contributed by atoms with Gasteiger partial charge in [0.25, 0.3) is 0 Å². The van der Waals surface area contributed by atoms with Gasteiger partial charge in [0, 0.05) is 6.04 Å². The van der Waals surface area contributed by atoms with Crippen LogP contribution in [0.2, 0.25) is 0 Å². The fourth-order valence-corrected chi connectivity index (χ4v) is 1.76. The Bertz CT molecular complexity index is 296.